The number of benzene rings is 1. The van der Waals surface area contributed by atoms with Gasteiger partial charge in [-0.2, -0.15) is 0 Å². The maximum atomic E-state index is 13.4. The molecule has 3 fully saturated rings. The zero-order valence-electron chi connectivity index (χ0n) is 16.6. The Morgan fingerprint density at radius 2 is 2.00 bits per heavy atom. The Bertz CT molecular complexity index is 977. The van der Waals surface area contributed by atoms with E-state index in [0.717, 1.165) is 31.4 Å². The number of amides is 2. The number of nitrogens with one attached hydrogen (secondary N) is 2. The first-order valence-corrected chi connectivity index (χ1v) is 10.6. The molecule has 3 N–H and O–H groups in total. The first-order valence-electron chi connectivity index (χ1n) is 10.6. The van der Waals surface area contributed by atoms with E-state index in [-0.39, 0.29) is 34.9 Å². The van der Waals surface area contributed by atoms with Crippen LogP contribution in [-0.4, -0.2) is 52.5 Å². The lowest BCUT2D eigenvalue weighted by Gasteiger charge is -2.34. The number of carbonyl (C=O) groups excluding carboxylic acids is 2. The Balaban J connectivity index is 1.27. The van der Waals surface area contributed by atoms with Gasteiger partial charge in [0.05, 0.1) is 6.10 Å². The Labute approximate surface area is 172 Å². The summed E-state index contributed by atoms with van der Waals surface area (Å²) < 4.78 is 26.9. The van der Waals surface area contributed by atoms with Gasteiger partial charge in [-0.05, 0) is 43.7 Å². The number of likely N-dealkylation sites (tertiary alicyclic amines) is 1. The Morgan fingerprint density at radius 1 is 1.23 bits per heavy atom. The summed E-state index contributed by atoms with van der Waals surface area (Å²) in [7, 11) is 0. The van der Waals surface area contributed by atoms with Crippen LogP contribution in [0.15, 0.2) is 18.2 Å². The van der Waals surface area contributed by atoms with Crippen molar-refractivity contribution < 1.29 is 23.5 Å². The number of H-pyrrole nitrogens is 1. The minimum absolute atomic E-state index is 0.0717. The second-order valence-corrected chi connectivity index (χ2v) is 9.21. The van der Waals surface area contributed by atoms with E-state index in [1.54, 1.807) is 0 Å². The number of aliphatic hydroxyl groups excluding tert-OH is 1. The molecular weight excluding hydrogens is 392 g/mol. The first-order chi connectivity index (χ1) is 14.3. The lowest BCUT2D eigenvalue weighted by atomic mass is 9.80. The molecule has 5 rings (SSSR count). The minimum Gasteiger partial charge on any atom is -0.393 e. The molecule has 2 aliphatic carbocycles. The summed E-state index contributed by atoms with van der Waals surface area (Å²) in [5.41, 5.74) is 0.504. The molecule has 0 radical (unpaired) electrons. The third-order valence-corrected chi connectivity index (χ3v) is 7.32. The van der Waals surface area contributed by atoms with Crippen LogP contribution in [-0.2, 0) is 4.79 Å². The van der Waals surface area contributed by atoms with Crippen LogP contribution >= 0.6 is 0 Å². The minimum atomic E-state index is -0.960. The Morgan fingerprint density at radius 3 is 2.77 bits per heavy atom. The topological polar surface area (TPSA) is 85.4 Å². The van der Waals surface area contributed by atoms with Crippen LogP contribution in [0, 0.1) is 28.9 Å². The normalized spacial score (nSPS) is 30.4. The lowest BCUT2D eigenvalue weighted by Crippen LogP contribution is -2.45. The SMILES string of the molecule is O=C(NC[C@@]12CCC[C@H]1CN(C(=O)C1CC(O)C1)C2)c1cc2cc(F)c(F)cc2[nH]1. The van der Waals surface area contributed by atoms with Crippen molar-refractivity contribution in [3.63, 3.8) is 0 Å². The van der Waals surface area contributed by atoms with Crippen molar-refractivity contribution in [2.45, 2.75) is 38.2 Å². The summed E-state index contributed by atoms with van der Waals surface area (Å²) >= 11 is 0. The zero-order chi connectivity index (χ0) is 21.0. The number of carbonyl (C=O) groups is 2. The van der Waals surface area contributed by atoms with E-state index >= 15 is 0 Å². The second-order valence-electron chi connectivity index (χ2n) is 9.21. The van der Waals surface area contributed by atoms with Gasteiger partial charge in [0.15, 0.2) is 11.6 Å². The second kappa shape index (κ2) is 7.04. The van der Waals surface area contributed by atoms with Gasteiger partial charge in [-0.15, -0.1) is 0 Å². The highest BCUT2D eigenvalue weighted by Gasteiger charge is 2.52. The lowest BCUT2D eigenvalue weighted by molar-refractivity contribution is -0.141. The zero-order valence-corrected chi connectivity index (χ0v) is 16.6. The average Bonchev–Trinajstić information content (AvgIpc) is 3.35. The fourth-order valence-corrected chi connectivity index (χ4v) is 5.52. The van der Waals surface area contributed by atoms with Crippen molar-refractivity contribution in [3.05, 3.63) is 35.5 Å². The molecule has 1 saturated heterocycles. The monoisotopic (exact) mass is 417 g/mol. The van der Waals surface area contributed by atoms with Crippen LogP contribution in [0.5, 0.6) is 0 Å². The number of fused-ring (bicyclic) bond motifs is 2. The van der Waals surface area contributed by atoms with Crippen LogP contribution in [0.1, 0.15) is 42.6 Å². The number of aromatic amines is 1. The quantitative estimate of drug-likeness (QED) is 0.715. The van der Waals surface area contributed by atoms with Gasteiger partial charge in [-0.25, -0.2) is 8.78 Å². The summed E-state index contributed by atoms with van der Waals surface area (Å²) in [4.78, 5) is 30.2. The van der Waals surface area contributed by atoms with Gasteiger partial charge in [0.1, 0.15) is 5.69 Å². The molecular formula is C22H25F2N3O3. The number of rotatable bonds is 4. The van der Waals surface area contributed by atoms with Crippen LogP contribution in [0.2, 0.25) is 0 Å². The summed E-state index contributed by atoms with van der Waals surface area (Å²) in [6.07, 6.45) is 3.81. The summed E-state index contributed by atoms with van der Waals surface area (Å²) in [5, 5.41) is 12.9. The highest BCUT2D eigenvalue weighted by molar-refractivity contribution is 5.98. The molecule has 2 saturated carbocycles. The van der Waals surface area contributed by atoms with Gasteiger partial charge in [0.2, 0.25) is 5.91 Å². The molecule has 2 amide bonds. The average molecular weight is 417 g/mol. The van der Waals surface area contributed by atoms with Crippen LogP contribution in [0.3, 0.4) is 0 Å². The number of hydrogen-bond donors (Lipinski definition) is 3. The number of aliphatic hydroxyl groups is 1. The fraction of sp³-hybridized carbons (Fsp3) is 0.545. The summed E-state index contributed by atoms with van der Waals surface area (Å²) in [5.74, 6) is -1.82. The van der Waals surface area contributed by atoms with E-state index < -0.39 is 11.6 Å². The summed E-state index contributed by atoms with van der Waals surface area (Å²) in [6.45, 7) is 1.81. The molecule has 1 aliphatic heterocycles. The van der Waals surface area contributed by atoms with E-state index in [0.29, 0.717) is 49.3 Å². The van der Waals surface area contributed by atoms with Crippen LogP contribution < -0.4 is 5.32 Å². The van der Waals surface area contributed by atoms with E-state index in [1.165, 1.54) is 6.07 Å². The van der Waals surface area contributed by atoms with Gasteiger partial charge in [-0.1, -0.05) is 6.42 Å². The van der Waals surface area contributed by atoms with Crippen LogP contribution in [0.25, 0.3) is 10.9 Å². The molecule has 0 bridgehead atoms. The third kappa shape index (κ3) is 3.17. The van der Waals surface area contributed by atoms with E-state index in [9.17, 15) is 23.5 Å². The number of aromatic nitrogens is 1. The van der Waals surface area contributed by atoms with Gasteiger partial charge in [-0.3, -0.25) is 9.59 Å². The van der Waals surface area contributed by atoms with Gasteiger partial charge in [0, 0.05) is 47.9 Å². The maximum absolute atomic E-state index is 13.4. The van der Waals surface area contributed by atoms with Crippen molar-refractivity contribution in [2.24, 2.45) is 17.3 Å². The van der Waals surface area contributed by atoms with Crippen molar-refractivity contribution in [2.75, 3.05) is 19.6 Å². The van der Waals surface area contributed by atoms with Crippen molar-refractivity contribution in [1.82, 2.24) is 15.2 Å². The number of nitrogens with zero attached hydrogens (tertiary/aromatic N) is 1. The molecule has 2 atom stereocenters. The smallest absolute Gasteiger partial charge is 0.267 e. The van der Waals surface area contributed by atoms with E-state index in [2.05, 4.69) is 10.3 Å². The highest BCUT2D eigenvalue weighted by atomic mass is 19.2. The molecule has 1 aromatic heterocycles. The fourth-order valence-electron chi connectivity index (χ4n) is 5.52. The predicted octanol–water partition coefficient (Wildman–Crippen LogP) is 2.58. The molecule has 1 aromatic carbocycles. The first kappa shape index (κ1) is 19.5. The predicted molar refractivity (Wildman–Crippen MR) is 106 cm³/mol. The molecule has 0 spiro atoms. The Kier molecular flexibility index (Phi) is 4.57. The van der Waals surface area contributed by atoms with Crippen molar-refractivity contribution in [3.8, 4) is 0 Å². The molecule has 2 aromatic rings. The Hall–Kier alpha value is -2.48. The molecule has 3 aliphatic rings. The molecule has 30 heavy (non-hydrogen) atoms. The standard InChI is InChI=1S/C22H25F2N3O3/c23-16-6-12-7-19(26-18(12)8-17(16)24)20(29)25-10-22-3-1-2-14(22)9-27(11-22)21(30)13-4-15(28)5-13/h6-8,13-15,26,28H,1-5,9-11H2,(H,25,29)/t13?,14-,15?,22+/m0/s1. The van der Waals surface area contributed by atoms with Crippen molar-refractivity contribution >= 4 is 22.7 Å². The molecule has 6 nitrogen and oxygen atoms in total. The van der Waals surface area contributed by atoms with Gasteiger partial charge >= 0.3 is 0 Å². The number of hydrogen-bond acceptors (Lipinski definition) is 3. The van der Waals surface area contributed by atoms with Crippen LogP contribution in [0.4, 0.5) is 8.78 Å². The van der Waals surface area contributed by atoms with E-state index in [1.807, 2.05) is 4.90 Å². The maximum Gasteiger partial charge on any atom is 0.267 e. The largest absolute Gasteiger partial charge is 0.393 e. The van der Waals surface area contributed by atoms with Gasteiger partial charge < -0.3 is 20.3 Å². The molecule has 2 heterocycles. The number of halogens is 2. The third-order valence-electron chi connectivity index (χ3n) is 7.32. The highest BCUT2D eigenvalue weighted by Crippen LogP contribution is 2.49. The van der Waals surface area contributed by atoms with Gasteiger partial charge in [0.25, 0.3) is 5.91 Å². The molecule has 8 heteroatoms. The van der Waals surface area contributed by atoms with E-state index in [4.69, 9.17) is 0 Å². The molecule has 0 unspecified atom stereocenters. The summed E-state index contributed by atoms with van der Waals surface area (Å²) in [6, 6.07) is 3.63. The molecule has 160 valence electrons. The van der Waals surface area contributed by atoms with Crippen molar-refractivity contribution in [1.29, 1.82) is 0 Å².